The number of carbonyl (C=O) groups is 1. The Morgan fingerprint density at radius 2 is 1.60 bits per heavy atom. The second-order valence-electron chi connectivity index (χ2n) is 4.40. The lowest BCUT2D eigenvalue weighted by molar-refractivity contribution is 0.102. The first-order valence-corrected chi connectivity index (χ1v) is 7.77. The Balaban J connectivity index is 1.82. The van der Waals surface area contributed by atoms with Gasteiger partial charge in [-0.15, -0.1) is 11.8 Å². The van der Waals surface area contributed by atoms with E-state index >= 15 is 0 Å². The minimum absolute atomic E-state index is 0.0580. The van der Waals surface area contributed by atoms with Gasteiger partial charge in [-0.3, -0.25) is 4.79 Å². The normalized spacial score (nSPS) is 10.5. The predicted molar refractivity (Wildman–Crippen MR) is 84.3 cm³/mol. The fourth-order valence-corrected chi connectivity index (χ4v) is 2.73. The summed E-state index contributed by atoms with van der Waals surface area (Å²) >= 11 is 7.37. The van der Waals surface area contributed by atoms with Crippen LogP contribution in [0.3, 0.4) is 0 Å². The summed E-state index contributed by atoms with van der Waals surface area (Å²) in [5.74, 6) is 1.34. The van der Waals surface area contributed by atoms with E-state index in [1.54, 1.807) is 36.0 Å². The number of aliphatic hydroxyl groups is 1. The SMILES string of the molecule is O=C(CSCc1ccc(CO)cc1)c1ccc(Cl)cc1. The van der Waals surface area contributed by atoms with Gasteiger partial charge in [0.25, 0.3) is 0 Å². The van der Waals surface area contributed by atoms with Gasteiger partial charge in [0.2, 0.25) is 0 Å². The van der Waals surface area contributed by atoms with Crippen LogP contribution in [-0.2, 0) is 12.4 Å². The Morgan fingerprint density at radius 3 is 2.20 bits per heavy atom. The van der Waals surface area contributed by atoms with Crippen molar-refractivity contribution in [3.63, 3.8) is 0 Å². The molecule has 20 heavy (non-hydrogen) atoms. The Hall–Kier alpha value is -1.29. The first-order chi connectivity index (χ1) is 9.69. The van der Waals surface area contributed by atoms with Crippen molar-refractivity contribution in [3.8, 4) is 0 Å². The number of hydrogen-bond donors (Lipinski definition) is 1. The summed E-state index contributed by atoms with van der Waals surface area (Å²) in [7, 11) is 0. The van der Waals surface area contributed by atoms with Gasteiger partial charge in [0.05, 0.1) is 12.4 Å². The number of aliphatic hydroxyl groups excluding tert-OH is 1. The Labute approximate surface area is 127 Å². The number of benzene rings is 2. The van der Waals surface area contributed by atoms with Crippen molar-refractivity contribution in [2.24, 2.45) is 0 Å². The second kappa shape index (κ2) is 7.48. The molecule has 0 spiro atoms. The topological polar surface area (TPSA) is 37.3 Å². The third-order valence-corrected chi connectivity index (χ3v) is 4.13. The van der Waals surface area contributed by atoms with Crippen LogP contribution >= 0.6 is 23.4 Å². The number of carbonyl (C=O) groups excluding carboxylic acids is 1. The molecule has 4 heteroatoms. The van der Waals surface area contributed by atoms with Crippen molar-refractivity contribution >= 4 is 29.1 Å². The monoisotopic (exact) mass is 306 g/mol. The van der Waals surface area contributed by atoms with Crippen LogP contribution in [0.1, 0.15) is 21.5 Å². The standard InChI is InChI=1S/C16H15ClO2S/c17-15-7-5-14(6-8-15)16(19)11-20-10-13-3-1-12(9-18)2-4-13/h1-8,18H,9-11H2. The molecule has 0 radical (unpaired) electrons. The van der Waals surface area contributed by atoms with Gasteiger partial charge in [-0.2, -0.15) is 0 Å². The highest BCUT2D eigenvalue weighted by Crippen LogP contribution is 2.16. The van der Waals surface area contributed by atoms with Gasteiger partial charge in [-0.05, 0) is 35.4 Å². The number of Topliss-reactive ketones (excluding diaryl/α,β-unsaturated/α-hetero) is 1. The van der Waals surface area contributed by atoms with Gasteiger partial charge >= 0.3 is 0 Å². The van der Waals surface area contributed by atoms with Crippen molar-refractivity contribution in [3.05, 3.63) is 70.2 Å². The van der Waals surface area contributed by atoms with Crippen LogP contribution in [0.25, 0.3) is 0 Å². The van der Waals surface area contributed by atoms with Crippen LogP contribution in [0.2, 0.25) is 5.02 Å². The molecule has 0 aliphatic carbocycles. The lowest BCUT2D eigenvalue weighted by atomic mass is 10.1. The molecule has 0 heterocycles. The van der Waals surface area contributed by atoms with E-state index in [2.05, 4.69) is 0 Å². The molecule has 104 valence electrons. The van der Waals surface area contributed by atoms with Crippen molar-refractivity contribution in [1.29, 1.82) is 0 Å². The van der Waals surface area contributed by atoms with Gasteiger partial charge in [-0.25, -0.2) is 0 Å². The third-order valence-electron chi connectivity index (χ3n) is 2.87. The molecule has 2 nitrogen and oxygen atoms in total. The van der Waals surface area contributed by atoms with Crippen molar-refractivity contribution in [2.75, 3.05) is 5.75 Å². The van der Waals surface area contributed by atoms with Crippen LogP contribution in [0.15, 0.2) is 48.5 Å². The average molecular weight is 307 g/mol. The Morgan fingerprint density at radius 1 is 1.00 bits per heavy atom. The molecule has 0 bridgehead atoms. The van der Waals surface area contributed by atoms with Crippen LogP contribution in [0.5, 0.6) is 0 Å². The van der Waals surface area contributed by atoms with Gasteiger partial charge < -0.3 is 5.11 Å². The molecule has 0 aliphatic rings. The molecule has 0 atom stereocenters. The van der Waals surface area contributed by atoms with Crippen molar-refractivity contribution in [1.82, 2.24) is 0 Å². The zero-order chi connectivity index (χ0) is 14.4. The summed E-state index contributed by atoms with van der Waals surface area (Å²) < 4.78 is 0. The summed E-state index contributed by atoms with van der Waals surface area (Å²) in [6.45, 7) is 0.0580. The molecule has 0 aromatic heterocycles. The lowest BCUT2D eigenvalue weighted by Crippen LogP contribution is -2.02. The Bertz CT molecular complexity index is 564. The summed E-state index contributed by atoms with van der Waals surface area (Å²) in [5.41, 5.74) is 2.74. The zero-order valence-electron chi connectivity index (χ0n) is 10.9. The maximum absolute atomic E-state index is 11.9. The van der Waals surface area contributed by atoms with Crippen LogP contribution in [0.4, 0.5) is 0 Å². The highest BCUT2D eigenvalue weighted by Gasteiger charge is 2.05. The fourth-order valence-electron chi connectivity index (χ4n) is 1.72. The summed E-state index contributed by atoms with van der Waals surface area (Å²) in [6.07, 6.45) is 0. The van der Waals surface area contributed by atoms with E-state index in [-0.39, 0.29) is 12.4 Å². The molecule has 0 saturated heterocycles. The average Bonchev–Trinajstić information content (AvgIpc) is 2.48. The summed E-state index contributed by atoms with van der Waals surface area (Å²) in [6, 6.07) is 14.7. The van der Waals surface area contributed by atoms with E-state index < -0.39 is 0 Å². The third kappa shape index (κ3) is 4.37. The van der Waals surface area contributed by atoms with Crippen LogP contribution in [-0.4, -0.2) is 16.6 Å². The van der Waals surface area contributed by atoms with E-state index in [0.717, 1.165) is 16.9 Å². The zero-order valence-corrected chi connectivity index (χ0v) is 12.5. The van der Waals surface area contributed by atoms with Gasteiger partial charge in [0, 0.05) is 16.3 Å². The molecule has 1 N–H and O–H groups in total. The van der Waals surface area contributed by atoms with Gasteiger partial charge in [0.1, 0.15) is 0 Å². The number of hydrogen-bond acceptors (Lipinski definition) is 3. The Kier molecular flexibility index (Phi) is 5.65. The molecule has 2 rings (SSSR count). The van der Waals surface area contributed by atoms with Crippen molar-refractivity contribution < 1.29 is 9.90 Å². The number of ketones is 1. The first-order valence-electron chi connectivity index (χ1n) is 6.24. The molecule has 2 aromatic rings. The van der Waals surface area contributed by atoms with Gasteiger partial charge in [-0.1, -0.05) is 35.9 Å². The predicted octanol–water partition coefficient (Wildman–Crippen LogP) is 3.95. The molecular formula is C16H15ClO2S. The van der Waals surface area contributed by atoms with E-state index in [1.165, 1.54) is 0 Å². The van der Waals surface area contributed by atoms with E-state index in [1.807, 2.05) is 24.3 Å². The van der Waals surface area contributed by atoms with E-state index in [4.69, 9.17) is 16.7 Å². The molecule has 0 amide bonds. The maximum atomic E-state index is 11.9. The minimum Gasteiger partial charge on any atom is -0.392 e. The highest BCUT2D eigenvalue weighted by atomic mass is 35.5. The first kappa shape index (κ1) is 15.1. The molecular weight excluding hydrogens is 292 g/mol. The maximum Gasteiger partial charge on any atom is 0.172 e. The van der Waals surface area contributed by atoms with E-state index in [0.29, 0.717) is 16.3 Å². The number of rotatable bonds is 6. The van der Waals surface area contributed by atoms with Crippen molar-refractivity contribution in [2.45, 2.75) is 12.4 Å². The number of halogens is 1. The largest absolute Gasteiger partial charge is 0.392 e. The molecule has 2 aromatic carbocycles. The molecule has 0 unspecified atom stereocenters. The van der Waals surface area contributed by atoms with Crippen LogP contribution < -0.4 is 0 Å². The summed E-state index contributed by atoms with van der Waals surface area (Å²) in [5, 5.41) is 9.60. The highest BCUT2D eigenvalue weighted by molar-refractivity contribution is 7.99. The lowest BCUT2D eigenvalue weighted by Gasteiger charge is -2.03. The second-order valence-corrected chi connectivity index (χ2v) is 5.82. The summed E-state index contributed by atoms with van der Waals surface area (Å²) in [4.78, 5) is 11.9. The van der Waals surface area contributed by atoms with Gasteiger partial charge in [0.15, 0.2) is 5.78 Å². The van der Waals surface area contributed by atoms with Crippen LogP contribution in [0, 0.1) is 0 Å². The molecule has 0 saturated carbocycles. The molecule has 0 fully saturated rings. The molecule has 0 aliphatic heterocycles. The quantitative estimate of drug-likeness (QED) is 0.821. The minimum atomic E-state index is 0.0580. The number of thioether (sulfide) groups is 1. The smallest absolute Gasteiger partial charge is 0.172 e. The van der Waals surface area contributed by atoms with E-state index in [9.17, 15) is 4.79 Å². The fraction of sp³-hybridized carbons (Fsp3) is 0.188.